The van der Waals surface area contributed by atoms with Crippen molar-refractivity contribution in [2.24, 2.45) is 4.30 Å². The summed E-state index contributed by atoms with van der Waals surface area (Å²) in [5, 5.41) is 0.725. The Morgan fingerprint density at radius 1 is 0.977 bits per heavy atom. The molecule has 0 saturated carbocycles. The summed E-state index contributed by atoms with van der Waals surface area (Å²) in [5.74, 6) is 0. The fraction of sp³-hybridized carbons (Fsp3) is 0.308. The van der Waals surface area contributed by atoms with Crippen molar-refractivity contribution in [3.63, 3.8) is 0 Å². The van der Waals surface area contributed by atoms with E-state index in [-0.39, 0.29) is 70.2 Å². The molecule has 2 N–H and O–H groups in total. The maximum absolute atomic E-state index is 12.0. The van der Waals surface area contributed by atoms with Crippen LogP contribution in [0.4, 0.5) is 0 Å². The number of aryl methyl sites for hydroxylation is 2. The zero-order chi connectivity index (χ0) is 32.5. The molecule has 44 heavy (non-hydrogen) atoms. The summed E-state index contributed by atoms with van der Waals surface area (Å²) in [4.78, 5) is 59.8. The molecule has 0 aliphatic heterocycles. The zero-order valence-electron chi connectivity index (χ0n) is 22.9. The molecule has 1 radical (unpaired) electrons. The van der Waals surface area contributed by atoms with Gasteiger partial charge in [0.25, 0.3) is 23.1 Å². The predicted octanol–water partition coefficient (Wildman–Crippen LogP) is 5.01. The summed E-state index contributed by atoms with van der Waals surface area (Å²) in [6.07, 6.45) is 4.07. The van der Waals surface area contributed by atoms with Gasteiger partial charge in [-0.3, -0.25) is 19.6 Å². The summed E-state index contributed by atoms with van der Waals surface area (Å²) >= 11 is 15.8. The van der Waals surface area contributed by atoms with Crippen molar-refractivity contribution < 1.29 is 18.3 Å². The number of alkyl halides is 2. The van der Waals surface area contributed by atoms with E-state index in [4.69, 9.17) is 41.5 Å². The molecule has 0 saturated heterocycles. The molecule has 18 heteroatoms. The Morgan fingerprint density at radius 3 is 1.86 bits per heavy atom. The van der Waals surface area contributed by atoms with Gasteiger partial charge in [0.05, 0.1) is 5.34 Å². The second-order valence-electron chi connectivity index (χ2n) is 7.50. The first-order valence-corrected chi connectivity index (χ1v) is 14.3. The molecule has 0 atom stereocenters. The standard InChI is InChI=1S/C12H11BrN2O4.C12H12N2O4.CH2Cl2.CH4.BHNS/c1-3-5-18-12-14-9(16)7-6(4-2)8(13)11(17)19-10(7)15-12;1-3-5-17-12-13-10(16)9-7(4-2)6-8(15)18-11(9)14-12;2-1-3;;1-2-3/h3H,1,4-5H2,2H3,(H,14,15,16);3,6H,1,4-5H2,2H3,(H,13,14,16);1H2;1H4;3H. The van der Waals surface area contributed by atoms with Gasteiger partial charge in [-0.25, -0.2) is 9.59 Å². The van der Waals surface area contributed by atoms with Crippen molar-refractivity contribution in [1.29, 1.82) is 0 Å². The molecule has 13 nitrogen and oxygen atoms in total. The number of nitrogens with zero attached hydrogens (tertiary/aromatic N) is 3. The Labute approximate surface area is 276 Å². The third-order valence-electron chi connectivity index (χ3n) is 4.88. The molecule has 0 aromatic carbocycles. The Hall–Kier alpha value is -3.47. The molecule has 0 amide bonds. The van der Waals surface area contributed by atoms with Crippen LogP contribution in [0.3, 0.4) is 0 Å². The van der Waals surface area contributed by atoms with E-state index >= 15 is 0 Å². The molecule has 0 fully saturated rings. The fourth-order valence-corrected chi connectivity index (χ4v) is 3.85. The molecule has 4 rings (SSSR count). The number of rotatable bonds is 8. The van der Waals surface area contributed by atoms with Crippen LogP contribution in [-0.4, -0.2) is 46.1 Å². The average Bonchev–Trinajstić information content (AvgIpc) is 2.96. The molecule has 4 aromatic rings. The number of aromatic nitrogens is 4. The van der Waals surface area contributed by atoms with Gasteiger partial charge in [0.15, 0.2) is 0 Å². The SMILES string of the molecule is C.C=CCOc1nc2oc(=O)c(Br)c(CC)c2c(=O)[nH]1.C=CCOc1nc2oc(=O)cc(CC)c2c(=O)[nH]1.ClCCl.[B]=NS. The number of halogens is 3. The van der Waals surface area contributed by atoms with Gasteiger partial charge in [-0.2, -0.15) is 9.97 Å². The molecule has 4 heterocycles. The van der Waals surface area contributed by atoms with Gasteiger partial charge in [0, 0.05) is 6.07 Å². The molecule has 237 valence electrons. The number of nitrogens with one attached hydrogen (secondary N) is 2. The normalized spacial score (nSPS) is 9.57. The predicted molar refractivity (Wildman–Crippen MR) is 180 cm³/mol. The van der Waals surface area contributed by atoms with Crippen LogP contribution in [-0.2, 0) is 12.8 Å². The number of fused-ring (bicyclic) bond motifs is 2. The third-order valence-corrected chi connectivity index (χ3v) is 5.69. The van der Waals surface area contributed by atoms with Gasteiger partial charge in [0.2, 0.25) is 11.4 Å². The Bertz CT molecular complexity index is 1800. The number of aromatic amines is 2. The van der Waals surface area contributed by atoms with Crippen LogP contribution in [0.2, 0.25) is 0 Å². The van der Waals surface area contributed by atoms with Crippen molar-refractivity contribution in [2.45, 2.75) is 34.1 Å². The zero-order valence-corrected chi connectivity index (χ0v) is 26.9. The van der Waals surface area contributed by atoms with Gasteiger partial charge >= 0.3 is 36.0 Å². The van der Waals surface area contributed by atoms with E-state index in [1.165, 1.54) is 18.2 Å². The van der Waals surface area contributed by atoms with Crippen molar-refractivity contribution in [2.75, 3.05) is 18.6 Å². The number of hydrogen-bond acceptors (Lipinski definition) is 12. The summed E-state index contributed by atoms with van der Waals surface area (Å²) < 4.78 is 23.1. The summed E-state index contributed by atoms with van der Waals surface area (Å²) in [6, 6.07) is 1.29. The molecule has 0 aliphatic rings. The first-order valence-electron chi connectivity index (χ1n) is 12.0. The van der Waals surface area contributed by atoms with Crippen LogP contribution < -0.4 is 31.8 Å². The van der Waals surface area contributed by atoms with E-state index < -0.39 is 16.8 Å². The van der Waals surface area contributed by atoms with Gasteiger partial charge in [0.1, 0.15) is 28.5 Å². The van der Waals surface area contributed by atoms with Gasteiger partial charge in [-0.1, -0.05) is 46.6 Å². The van der Waals surface area contributed by atoms with Gasteiger partial charge < -0.3 is 18.3 Å². The average molecular weight is 734 g/mol. The van der Waals surface area contributed by atoms with Crippen molar-refractivity contribution in [1.82, 2.24) is 19.9 Å². The maximum atomic E-state index is 12.0. The molecular formula is C26H30BBrCl2N5O8S. The van der Waals surface area contributed by atoms with Gasteiger partial charge in [-0.05, 0) is 39.9 Å². The topological polar surface area (TPSA) is 183 Å². The van der Waals surface area contributed by atoms with E-state index in [0.29, 0.717) is 24.0 Å². The number of hydrogen-bond donors (Lipinski definition) is 3. The van der Waals surface area contributed by atoms with Gasteiger partial charge in [-0.15, -0.1) is 23.2 Å². The van der Waals surface area contributed by atoms with Crippen LogP contribution in [0.5, 0.6) is 12.0 Å². The van der Waals surface area contributed by atoms with Crippen LogP contribution >= 0.6 is 51.9 Å². The Balaban J connectivity index is 0.000000700. The Morgan fingerprint density at radius 2 is 1.43 bits per heavy atom. The molecule has 0 bridgehead atoms. The monoisotopic (exact) mass is 732 g/mol. The van der Waals surface area contributed by atoms with E-state index in [0.717, 1.165) is 0 Å². The number of ether oxygens (including phenoxy) is 2. The summed E-state index contributed by atoms with van der Waals surface area (Å²) in [6.45, 7) is 11.0. The van der Waals surface area contributed by atoms with Crippen molar-refractivity contribution >= 4 is 81.8 Å². The summed E-state index contributed by atoms with van der Waals surface area (Å²) in [5.41, 5.74) is -0.787. The van der Waals surface area contributed by atoms with Crippen molar-refractivity contribution in [3.05, 3.63) is 88.5 Å². The van der Waals surface area contributed by atoms with E-state index in [9.17, 15) is 19.2 Å². The molecule has 0 aliphatic carbocycles. The van der Waals surface area contributed by atoms with Crippen molar-refractivity contribution in [3.8, 4) is 12.0 Å². The second-order valence-corrected chi connectivity index (χ2v) is 9.33. The minimum atomic E-state index is -0.572. The summed E-state index contributed by atoms with van der Waals surface area (Å²) in [7, 11) is 4.34. The second kappa shape index (κ2) is 21.3. The van der Waals surface area contributed by atoms with E-state index in [2.05, 4.69) is 73.8 Å². The number of H-pyrrole nitrogens is 2. The minimum absolute atomic E-state index is 0. The Kier molecular flexibility index (Phi) is 19.6. The quantitative estimate of drug-likeness (QED) is 0.0963. The van der Waals surface area contributed by atoms with E-state index in [1.54, 1.807) is 0 Å². The first-order chi connectivity index (χ1) is 20.6. The molecule has 4 aromatic heterocycles. The van der Waals surface area contributed by atoms with Crippen LogP contribution in [0.25, 0.3) is 22.2 Å². The molecule has 0 unspecified atom stereocenters. The third kappa shape index (κ3) is 11.6. The molecule has 0 spiro atoms. The van der Waals surface area contributed by atoms with Crippen LogP contribution in [0.1, 0.15) is 32.4 Å². The number of thiol groups is 1. The molecular weight excluding hydrogens is 704 g/mol. The van der Waals surface area contributed by atoms with Crippen LogP contribution in [0, 0.1) is 0 Å². The van der Waals surface area contributed by atoms with Crippen LogP contribution in [0.15, 0.2) is 68.2 Å². The van der Waals surface area contributed by atoms with E-state index in [1.807, 2.05) is 13.8 Å². The first kappa shape index (κ1) is 40.5. The fourth-order valence-electron chi connectivity index (χ4n) is 3.29.